The highest BCUT2D eigenvalue weighted by Gasteiger charge is 2.19. The van der Waals surface area contributed by atoms with E-state index in [4.69, 9.17) is 8.60 Å². The van der Waals surface area contributed by atoms with Crippen LogP contribution in [0.4, 0.5) is 0 Å². The molecule has 0 aliphatic heterocycles. The first-order valence-corrected chi connectivity index (χ1v) is 12.9. The highest BCUT2D eigenvalue weighted by atomic mass is 32.2. The van der Waals surface area contributed by atoms with Gasteiger partial charge in [0.25, 0.3) is 0 Å². The first kappa shape index (κ1) is 24.1. The molecule has 186 valence electrons. The molecule has 39 heavy (non-hydrogen) atoms. The molecule has 0 amide bonds. The van der Waals surface area contributed by atoms with E-state index in [2.05, 4.69) is 12.1 Å². The predicted octanol–water partition coefficient (Wildman–Crippen LogP) is 7.50. The van der Waals surface area contributed by atoms with Gasteiger partial charge in [0.2, 0.25) is 0 Å². The minimum absolute atomic E-state index is 0.0970. The molecule has 0 spiro atoms. The molecular weight excluding hydrogens is 508 g/mol. The zero-order valence-corrected chi connectivity index (χ0v) is 21.1. The lowest BCUT2D eigenvalue weighted by Gasteiger charge is -2.15. The summed E-state index contributed by atoms with van der Waals surface area (Å²) in [6.07, 6.45) is 0. The van der Waals surface area contributed by atoms with Crippen LogP contribution in [0, 0.1) is 22.7 Å². The van der Waals surface area contributed by atoms with Crippen molar-refractivity contribution in [1.29, 1.82) is 10.5 Å². The summed E-state index contributed by atoms with van der Waals surface area (Å²) < 4.78 is 35.0. The SMILES string of the molecule is N#Cc1ccc(-c2cc(-c3ccc(C#N)cc3)cc(-c3ccc4c(oc5ccccc54)c3OS(=O)[O-])c2)cc1. The van der Waals surface area contributed by atoms with E-state index in [9.17, 15) is 19.3 Å². The molecule has 0 N–H and O–H groups in total. The molecule has 1 heterocycles. The van der Waals surface area contributed by atoms with Crippen LogP contribution in [0.1, 0.15) is 11.1 Å². The maximum Gasteiger partial charge on any atom is 0.190 e. The zero-order chi connectivity index (χ0) is 26.9. The summed E-state index contributed by atoms with van der Waals surface area (Å²) in [6.45, 7) is 0. The van der Waals surface area contributed by atoms with Crippen molar-refractivity contribution in [3.8, 4) is 51.3 Å². The Bertz CT molecular complexity index is 1900. The third-order valence-electron chi connectivity index (χ3n) is 6.59. The van der Waals surface area contributed by atoms with E-state index in [0.717, 1.165) is 33.0 Å². The molecule has 1 aromatic heterocycles. The lowest BCUT2D eigenvalue weighted by atomic mass is 9.92. The van der Waals surface area contributed by atoms with Crippen molar-refractivity contribution in [3.63, 3.8) is 0 Å². The second-order valence-electron chi connectivity index (χ2n) is 8.88. The summed E-state index contributed by atoms with van der Waals surface area (Å²) >= 11 is -2.84. The van der Waals surface area contributed by atoms with Crippen LogP contribution in [0.25, 0.3) is 55.3 Å². The fourth-order valence-corrected chi connectivity index (χ4v) is 5.03. The highest BCUT2D eigenvalue weighted by Crippen LogP contribution is 2.43. The van der Waals surface area contributed by atoms with E-state index in [1.54, 1.807) is 24.3 Å². The van der Waals surface area contributed by atoms with Gasteiger partial charge in [-0.3, -0.25) is 0 Å². The molecule has 0 fully saturated rings. The second-order valence-corrected chi connectivity index (χ2v) is 9.46. The average Bonchev–Trinajstić information content (AvgIpc) is 3.36. The first-order chi connectivity index (χ1) is 19.0. The van der Waals surface area contributed by atoms with Crippen molar-refractivity contribution in [1.82, 2.24) is 0 Å². The molecule has 5 aromatic carbocycles. The number of hydrogen-bond donors (Lipinski definition) is 0. The number of rotatable bonds is 5. The number of para-hydroxylation sites is 1. The molecule has 6 nitrogen and oxygen atoms in total. The van der Waals surface area contributed by atoms with E-state index in [-0.39, 0.29) is 5.75 Å². The van der Waals surface area contributed by atoms with Gasteiger partial charge in [-0.2, -0.15) is 10.5 Å². The summed E-state index contributed by atoms with van der Waals surface area (Å²) in [6, 6.07) is 35.8. The molecule has 0 radical (unpaired) electrons. The van der Waals surface area contributed by atoms with Gasteiger partial charge in [-0.25, -0.2) is 4.21 Å². The van der Waals surface area contributed by atoms with Crippen LogP contribution < -0.4 is 4.18 Å². The van der Waals surface area contributed by atoms with Gasteiger partial charge in [0.15, 0.2) is 11.3 Å². The average molecular weight is 526 g/mol. The molecular formula is C32H17N2O4S-. The smallest absolute Gasteiger partial charge is 0.190 e. The van der Waals surface area contributed by atoms with E-state index >= 15 is 0 Å². The zero-order valence-electron chi connectivity index (χ0n) is 20.3. The third kappa shape index (κ3) is 4.54. The topological polar surface area (TPSA) is 110 Å². The largest absolute Gasteiger partial charge is 0.740 e. The van der Waals surface area contributed by atoms with Gasteiger partial charge in [0.05, 0.1) is 23.3 Å². The Labute approximate surface area is 226 Å². The Morgan fingerprint density at radius 3 is 1.79 bits per heavy atom. The fraction of sp³-hybridized carbons (Fsp3) is 0. The standard InChI is InChI=1S/C32H18N2O4S/c33-18-20-5-9-22(10-6-20)24-15-25(23-11-7-21(19-34)8-12-23)17-26(16-24)27-13-14-29-28-3-1-2-4-30(28)37-31(29)32(27)38-39(35)36/h1-17H,(H,35,36)/p-1. The van der Waals surface area contributed by atoms with E-state index in [1.807, 2.05) is 78.9 Å². The van der Waals surface area contributed by atoms with Gasteiger partial charge in [0, 0.05) is 16.3 Å². The lowest BCUT2D eigenvalue weighted by molar-refractivity contribution is 0.439. The van der Waals surface area contributed by atoms with Crippen molar-refractivity contribution >= 4 is 33.3 Å². The lowest BCUT2D eigenvalue weighted by Crippen LogP contribution is -2.00. The Hall–Kier alpha value is -5.21. The molecule has 6 rings (SSSR count). The number of hydrogen-bond acceptors (Lipinski definition) is 6. The molecule has 0 bridgehead atoms. The van der Waals surface area contributed by atoms with Gasteiger partial charge in [-0.1, -0.05) is 42.5 Å². The van der Waals surface area contributed by atoms with Crippen LogP contribution in [-0.4, -0.2) is 8.76 Å². The van der Waals surface area contributed by atoms with E-state index in [0.29, 0.717) is 33.4 Å². The van der Waals surface area contributed by atoms with Crippen LogP contribution >= 0.6 is 0 Å². The quantitative estimate of drug-likeness (QED) is 0.216. The highest BCUT2D eigenvalue weighted by molar-refractivity contribution is 7.74. The Kier molecular flexibility index (Phi) is 6.14. The fourth-order valence-electron chi connectivity index (χ4n) is 4.73. The third-order valence-corrected chi connectivity index (χ3v) is 6.89. The molecule has 1 unspecified atom stereocenters. The molecule has 6 aromatic rings. The van der Waals surface area contributed by atoms with Crippen molar-refractivity contribution in [2.75, 3.05) is 0 Å². The van der Waals surface area contributed by atoms with Gasteiger partial charge in [-0.15, -0.1) is 0 Å². The van der Waals surface area contributed by atoms with Crippen molar-refractivity contribution < 1.29 is 17.4 Å². The van der Waals surface area contributed by atoms with Crippen molar-refractivity contribution in [2.24, 2.45) is 0 Å². The van der Waals surface area contributed by atoms with Gasteiger partial charge < -0.3 is 13.2 Å². The van der Waals surface area contributed by atoms with Crippen LogP contribution in [0.15, 0.2) is 108 Å². The minimum Gasteiger partial charge on any atom is -0.740 e. The minimum atomic E-state index is -2.84. The van der Waals surface area contributed by atoms with Crippen LogP contribution in [0.3, 0.4) is 0 Å². The number of benzene rings is 5. The van der Waals surface area contributed by atoms with Crippen molar-refractivity contribution in [2.45, 2.75) is 0 Å². The number of fused-ring (bicyclic) bond motifs is 3. The molecule has 1 atom stereocenters. The molecule has 7 heteroatoms. The predicted molar refractivity (Wildman–Crippen MR) is 149 cm³/mol. The van der Waals surface area contributed by atoms with Gasteiger partial charge in [0.1, 0.15) is 16.9 Å². The summed E-state index contributed by atoms with van der Waals surface area (Å²) in [5.74, 6) is 0.0970. The van der Waals surface area contributed by atoms with Crippen LogP contribution in [-0.2, 0) is 11.4 Å². The Morgan fingerprint density at radius 2 is 1.23 bits per heavy atom. The number of nitrogens with zero attached hydrogens (tertiary/aromatic N) is 2. The summed E-state index contributed by atoms with van der Waals surface area (Å²) in [5.41, 5.74) is 6.77. The van der Waals surface area contributed by atoms with Gasteiger partial charge in [-0.05, 0) is 88.5 Å². The monoisotopic (exact) mass is 525 g/mol. The maximum absolute atomic E-state index is 11.8. The summed E-state index contributed by atoms with van der Waals surface area (Å²) in [4.78, 5) is 0. The molecule has 0 saturated heterocycles. The number of furan rings is 1. The van der Waals surface area contributed by atoms with Crippen molar-refractivity contribution in [3.05, 3.63) is 114 Å². The Morgan fingerprint density at radius 1 is 0.667 bits per heavy atom. The Balaban J connectivity index is 1.61. The second kappa shape index (κ2) is 9.92. The van der Waals surface area contributed by atoms with Crippen LogP contribution in [0.5, 0.6) is 5.75 Å². The molecule has 0 saturated carbocycles. The normalized spacial score (nSPS) is 11.7. The summed E-state index contributed by atoms with van der Waals surface area (Å²) in [5, 5.41) is 20.0. The first-order valence-electron chi connectivity index (χ1n) is 11.9. The molecule has 0 aliphatic rings. The van der Waals surface area contributed by atoms with E-state index < -0.39 is 11.4 Å². The molecule has 0 aliphatic carbocycles. The summed E-state index contributed by atoms with van der Waals surface area (Å²) in [7, 11) is 0. The maximum atomic E-state index is 11.8. The van der Waals surface area contributed by atoms with Gasteiger partial charge >= 0.3 is 0 Å². The number of nitriles is 2. The van der Waals surface area contributed by atoms with Crippen LogP contribution in [0.2, 0.25) is 0 Å². The van der Waals surface area contributed by atoms with E-state index in [1.165, 1.54) is 0 Å².